The van der Waals surface area contributed by atoms with Gasteiger partial charge in [0, 0.05) is 24.3 Å². The number of anilines is 1. The normalized spacial score (nSPS) is 17.4. The van der Waals surface area contributed by atoms with E-state index >= 15 is 0 Å². The van der Waals surface area contributed by atoms with E-state index in [1.54, 1.807) is 13.0 Å². The van der Waals surface area contributed by atoms with Gasteiger partial charge in [-0.3, -0.25) is 4.90 Å². The molecule has 0 saturated heterocycles. The van der Waals surface area contributed by atoms with Crippen LogP contribution >= 0.6 is 0 Å². The lowest BCUT2D eigenvalue weighted by molar-refractivity contribution is 0.199. The van der Waals surface area contributed by atoms with E-state index in [0.717, 1.165) is 5.56 Å². The van der Waals surface area contributed by atoms with Gasteiger partial charge in [0.1, 0.15) is 0 Å². The Morgan fingerprint density at radius 3 is 2.76 bits per heavy atom. The van der Waals surface area contributed by atoms with Crippen molar-refractivity contribution in [2.75, 3.05) is 18.9 Å². The first-order chi connectivity index (χ1) is 9.97. The first-order valence-electron chi connectivity index (χ1n) is 7.52. The van der Waals surface area contributed by atoms with E-state index in [1.807, 2.05) is 18.2 Å². The standard InChI is InChI=1S/C16H25N3O2/c1-11(19(3)15-7-8-15)10-17-16(21)18-14-6-4-5-13(9-14)12(2)20/h4-6,9,11-12,15,20H,7-8,10H2,1-3H3,(H2,17,18,21). The van der Waals surface area contributed by atoms with Gasteiger partial charge in [0.25, 0.3) is 0 Å². The molecule has 0 radical (unpaired) electrons. The summed E-state index contributed by atoms with van der Waals surface area (Å²) in [5, 5.41) is 15.2. The molecule has 5 heteroatoms. The van der Waals surface area contributed by atoms with E-state index in [4.69, 9.17) is 0 Å². The summed E-state index contributed by atoms with van der Waals surface area (Å²) in [6, 6.07) is 8.05. The topological polar surface area (TPSA) is 64.6 Å². The number of rotatable bonds is 6. The molecule has 0 spiro atoms. The Labute approximate surface area is 126 Å². The van der Waals surface area contributed by atoms with Gasteiger partial charge in [-0.2, -0.15) is 0 Å². The molecule has 116 valence electrons. The number of hydrogen-bond acceptors (Lipinski definition) is 3. The molecule has 0 aromatic heterocycles. The number of nitrogens with zero attached hydrogens (tertiary/aromatic N) is 1. The Morgan fingerprint density at radius 1 is 1.43 bits per heavy atom. The van der Waals surface area contributed by atoms with Gasteiger partial charge < -0.3 is 15.7 Å². The highest BCUT2D eigenvalue weighted by Crippen LogP contribution is 2.26. The first-order valence-corrected chi connectivity index (χ1v) is 7.52. The molecule has 3 N–H and O–H groups in total. The highest BCUT2D eigenvalue weighted by Gasteiger charge is 2.29. The zero-order valence-corrected chi connectivity index (χ0v) is 13.0. The van der Waals surface area contributed by atoms with Gasteiger partial charge >= 0.3 is 6.03 Å². The SMILES string of the molecule is CC(O)c1cccc(NC(=O)NCC(C)N(C)C2CC2)c1. The van der Waals surface area contributed by atoms with E-state index < -0.39 is 6.10 Å². The summed E-state index contributed by atoms with van der Waals surface area (Å²) in [4.78, 5) is 14.2. The molecule has 1 fully saturated rings. The van der Waals surface area contributed by atoms with E-state index in [1.165, 1.54) is 12.8 Å². The van der Waals surface area contributed by atoms with E-state index in [0.29, 0.717) is 24.3 Å². The number of benzene rings is 1. The molecule has 2 unspecified atom stereocenters. The van der Waals surface area contributed by atoms with Crippen molar-refractivity contribution in [1.29, 1.82) is 0 Å². The van der Waals surface area contributed by atoms with E-state index in [2.05, 4.69) is 29.5 Å². The maximum atomic E-state index is 11.9. The van der Waals surface area contributed by atoms with Crippen LogP contribution in [-0.2, 0) is 0 Å². The summed E-state index contributed by atoms with van der Waals surface area (Å²) in [6.45, 7) is 4.44. The average Bonchev–Trinajstić information content (AvgIpc) is 3.28. The fourth-order valence-corrected chi connectivity index (χ4v) is 2.28. The Hall–Kier alpha value is -1.59. The van der Waals surface area contributed by atoms with Gasteiger partial charge in [-0.25, -0.2) is 4.79 Å². The number of amides is 2. The minimum atomic E-state index is -0.540. The molecule has 1 aliphatic rings. The minimum Gasteiger partial charge on any atom is -0.389 e. The molecule has 2 atom stereocenters. The van der Waals surface area contributed by atoms with Crippen LogP contribution in [0.1, 0.15) is 38.4 Å². The van der Waals surface area contributed by atoms with Crippen LogP contribution in [0.3, 0.4) is 0 Å². The molecule has 0 bridgehead atoms. The molecule has 1 aliphatic carbocycles. The van der Waals surface area contributed by atoms with Crippen molar-refractivity contribution in [2.45, 2.75) is 44.9 Å². The number of aliphatic hydroxyl groups is 1. The second-order valence-corrected chi connectivity index (χ2v) is 5.88. The van der Waals surface area contributed by atoms with Crippen molar-refractivity contribution in [3.8, 4) is 0 Å². The van der Waals surface area contributed by atoms with Crippen molar-refractivity contribution in [1.82, 2.24) is 10.2 Å². The van der Waals surface area contributed by atoms with Crippen LogP contribution in [0, 0.1) is 0 Å². The van der Waals surface area contributed by atoms with Crippen LogP contribution in [0.15, 0.2) is 24.3 Å². The number of likely N-dealkylation sites (N-methyl/N-ethyl adjacent to an activating group) is 1. The third-order valence-electron chi connectivity index (χ3n) is 4.00. The summed E-state index contributed by atoms with van der Waals surface area (Å²) in [6.07, 6.45) is 1.99. The minimum absolute atomic E-state index is 0.214. The number of carbonyl (C=O) groups is 1. The highest BCUT2D eigenvalue weighted by atomic mass is 16.3. The quantitative estimate of drug-likeness (QED) is 0.754. The fourth-order valence-electron chi connectivity index (χ4n) is 2.28. The van der Waals surface area contributed by atoms with Crippen LogP contribution in [0.4, 0.5) is 10.5 Å². The Bertz CT molecular complexity index is 486. The number of hydrogen-bond donors (Lipinski definition) is 3. The molecule has 2 amide bonds. The van der Waals surface area contributed by atoms with E-state index in [-0.39, 0.29) is 6.03 Å². The van der Waals surface area contributed by atoms with Crippen LogP contribution < -0.4 is 10.6 Å². The fraction of sp³-hybridized carbons (Fsp3) is 0.562. The second kappa shape index (κ2) is 6.91. The molecular weight excluding hydrogens is 266 g/mol. The molecule has 0 aliphatic heterocycles. The second-order valence-electron chi connectivity index (χ2n) is 5.88. The highest BCUT2D eigenvalue weighted by molar-refractivity contribution is 5.89. The monoisotopic (exact) mass is 291 g/mol. The van der Waals surface area contributed by atoms with Gasteiger partial charge in [-0.1, -0.05) is 12.1 Å². The van der Waals surface area contributed by atoms with Crippen molar-refractivity contribution in [3.63, 3.8) is 0 Å². The number of urea groups is 1. The Kier molecular flexibility index (Phi) is 5.20. The summed E-state index contributed by atoms with van der Waals surface area (Å²) < 4.78 is 0. The van der Waals surface area contributed by atoms with Crippen LogP contribution in [0.2, 0.25) is 0 Å². The number of carbonyl (C=O) groups excluding carboxylic acids is 1. The lowest BCUT2D eigenvalue weighted by atomic mass is 10.1. The average molecular weight is 291 g/mol. The third kappa shape index (κ3) is 4.72. The Morgan fingerprint density at radius 2 is 2.14 bits per heavy atom. The molecule has 0 heterocycles. The zero-order chi connectivity index (χ0) is 15.4. The zero-order valence-electron chi connectivity index (χ0n) is 13.0. The molecule has 1 aromatic carbocycles. The van der Waals surface area contributed by atoms with Crippen molar-refractivity contribution in [2.24, 2.45) is 0 Å². The molecule has 5 nitrogen and oxygen atoms in total. The number of aliphatic hydroxyl groups excluding tert-OH is 1. The van der Waals surface area contributed by atoms with Crippen LogP contribution in [0.25, 0.3) is 0 Å². The van der Waals surface area contributed by atoms with Gasteiger partial charge in [0.05, 0.1) is 6.10 Å². The van der Waals surface area contributed by atoms with Crippen LogP contribution in [-0.4, -0.2) is 41.7 Å². The van der Waals surface area contributed by atoms with Crippen molar-refractivity contribution in [3.05, 3.63) is 29.8 Å². The summed E-state index contributed by atoms with van der Waals surface area (Å²) in [5.41, 5.74) is 1.48. The lowest BCUT2D eigenvalue weighted by Crippen LogP contribution is -2.42. The first kappa shape index (κ1) is 15.8. The predicted octanol–water partition coefficient (Wildman–Crippen LogP) is 2.34. The lowest BCUT2D eigenvalue weighted by Gasteiger charge is -2.24. The van der Waals surface area contributed by atoms with Gasteiger partial charge in [0.15, 0.2) is 0 Å². The summed E-state index contributed by atoms with van der Waals surface area (Å²) in [7, 11) is 2.11. The maximum absolute atomic E-state index is 11.9. The third-order valence-corrected chi connectivity index (χ3v) is 4.00. The molecular formula is C16H25N3O2. The van der Waals surface area contributed by atoms with E-state index in [9.17, 15) is 9.90 Å². The largest absolute Gasteiger partial charge is 0.389 e. The molecule has 2 rings (SSSR count). The maximum Gasteiger partial charge on any atom is 0.319 e. The molecule has 1 saturated carbocycles. The van der Waals surface area contributed by atoms with Crippen molar-refractivity contribution < 1.29 is 9.90 Å². The predicted molar refractivity (Wildman–Crippen MR) is 84.3 cm³/mol. The summed E-state index contributed by atoms with van der Waals surface area (Å²) in [5.74, 6) is 0. The van der Waals surface area contributed by atoms with Gasteiger partial charge in [0.2, 0.25) is 0 Å². The van der Waals surface area contributed by atoms with Gasteiger partial charge in [-0.15, -0.1) is 0 Å². The van der Waals surface area contributed by atoms with Crippen LogP contribution in [0.5, 0.6) is 0 Å². The smallest absolute Gasteiger partial charge is 0.319 e. The molecule has 21 heavy (non-hydrogen) atoms. The molecule has 1 aromatic rings. The van der Waals surface area contributed by atoms with Gasteiger partial charge in [-0.05, 0) is 51.4 Å². The summed E-state index contributed by atoms with van der Waals surface area (Å²) >= 11 is 0. The van der Waals surface area contributed by atoms with Crippen molar-refractivity contribution >= 4 is 11.7 Å². The number of nitrogens with one attached hydrogen (secondary N) is 2. The Balaban J connectivity index is 1.79.